The summed E-state index contributed by atoms with van der Waals surface area (Å²) in [7, 11) is 0. The first-order valence-electron chi connectivity index (χ1n) is 4.18. The predicted molar refractivity (Wildman–Crippen MR) is 68.0 cm³/mol. The van der Waals surface area contributed by atoms with Gasteiger partial charge in [-0.05, 0) is 17.7 Å². The number of nitrogens with two attached hydrogens (primary N) is 1. The summed E-state index contributed by atoms with van der Waals surface area (Å²) < 4.78 is 0. The number of hydrogen-bond acceptors (Lipinski definition) is 3. The summed E-state index contributed by atoms with van der Waals surface area (Å²) in [6.07, 6.45) is 2.65. The van der Waals surface area contributed by atoms with Gasteiger partial charge in [-0.1, -0.05) is 23.7 Å². The topological polar surface area (TPSA) is 38.9 Å². The van der Waals surface area contributed by atoms with Crippen LogP contribution in [0, 0.1) is 0 Å². The quantitative estimate of drug-likeness (QED) is 0.899. The highest BCUT2D eigenvalue weighted by Crippen LogP contribution is 2.20. The van der Waals surface area contributed by atoms with Crippen molar-refractivity contribution in [3.05, 3.63) is 45.9 Å². The van der Waals surface area contributed by atoms with Crippen LogP contribution in [0.15, 0.2) is 30.5 Å². The highest BCUT2D eigenvalue weighted by Gasteiger charge is 2.00. The minimum Gasteiger partial charge on any atom is -0.375 e. The van der Waals surface area contributed by atoms with E-state index < -0.39 is 0 Å². The van der Waals surface area contributed by atoms with E-state index in [9.17, 15) is 0 Å². The number of thiazole rings is 1. The van der Waals surface area contributed by atoms with Gasteiger partial charge in [-0.2, -0.15) is 0 Å². The molecule has 0 radical (unpaired) electrons. The normalized spacial score (nSPS) is 9.67. The van der Waals surface area contributed by atoms with E-state index in [0.29, 0.717) is 5.13 Å². The summed E-state index contributed by atoms with van der Waals surface area (Å²) in [6, 6.07) is 7.81. The Labute approximate surface area is 104 Å². The molecule has 0 aliphatic heterocycles. The fraction of sp³-hybridized carbons (Fsp3) is 0.100. The maximum atomic E-state index is 5.88. The molecule has 0 atom stereocenters. The van der Waals surface area contributed by atoms with Gasteiger partial charge < -0.3 is 5.73 Å². The Hall–Kier alpha value is -0.770. The Kier molecular flexibility index (Phi) is 4.39. The molecule has 0 saturated carbocycles. The molecular formula is C10H10Cl2N2S. The molecule has 0 aliphatic carbocycles. The zero-order valence-corrected chi connectivity index (χ0v) is 10.2. The zero-order chi connectivity index (χ0) is 9.97. The van der Waals surface area contributed by atoms with Crippen LogP contribution in [0.2, 0.25) is 5.02 Å². The van der Waals surface area contributed by atoms with E-state index in [0.717, 1.165) is 16.3 Å². The van der Waals surface area contributed by atoms with E-state index in [1.165, 1.54) is 16.9 Å². The molecule has 80 valence electrons. The Morgan fingerprint density at radius 1 is 1.40 bits per heavy atom. The van der Waals surface area contributed by atoms with Gasteiger partial charge >= 0.3 is 0 Å². The molecule has 1 aromatic carbocycles. The molecule has 0 amide bonds. The summed E-state index contributed by atoms with van der Waals surface area (Å²) >= 11 is 7.39. The maximum absolute atomic E-state index is 5.88. The molecule has 5 heteroatoms. The third-order valence-electron chi connectivity index (χ3n) is 1.84. The van der Waals surface area contributed by atoms with Gasteiger partial charge in [-0.3, -0.25) is 0 Å². The highest BCUT2D eigenvalue weighted by molar-refractivity contribution is 7.15. The zero-order valence-electron chi connectivity index (χ0n) is 7.81. The van der Waals surface area contributed by atoms with Gasteiger partial charge in [0.05, 0.1) is 0 Å². The second-order valence-corrected chi connectivity index (χ2v) is 4.55. The minimum atomic E-state index is 0. The number of benzene rings is 1. The van der Waals surface area contributed by atoms with Gasteiger partial charge in [-0.15, -0.1) is 23.7 Å². The number of aromatic nitrogens is 1. The maximum Gasteiger partial charge on any atom is 0.180 e. The third-order valence-corrected chi connectivity index (χ3v) is 2.90. The van der Waals surface area contributed by atoms with E-state index in [1.54, 1.807) is 6.20 Å². The van der Waals surface area contributed by atoms with E-state index in [1.807, 2.05) is 24.3 Å². The van der Waals surface area contributed by atoms with Crippen LogP contribution in [0.4, 0.5) is 5.13 Å². The first kappa shape index (κ1) is 12.3. The molecule has 2 nitrogen and oxygen atoms in total. The van der Waals surface area contributed by atoms with Crippen molar-refractivity contribution in [3.63, 3.8) is 0 Å². The fourth-order valence-electron chi connectivity index (χ4n) is 1.25. The van der Waals surface area contributed by atoms with Crippen molar-refractivity contribution in [1.82, 2.24) is 4.98 Å². The van der Waals surface area contributed by atoms with Gasteiger partial charge in [0, 0.05) is 22.5 Å². The van der Waals surface area contributed by atoms with Crippen molar-refractivity contribution in [2.75, 3.05) is 5.73 Å². The average Bonchev–Trinajstić information content (AvgIpc) is 2.51. The average molecular weight is 261 g/mol. The van der Waals surface area contributed by atoms with E-state index in [2.05, 4.69) is 4.98 Å². The molecule has 1 aromatic heterocycles. The lowest BCUT2D eigenvalue weighted by Crippen LogP contribution is -1.83. The van der Waals surface area contributed by atoms with Crippen LogP contribution in [0.3, 0.4) is 0 Å². The molecule has 0 fully saturated rings. The fourth-order valence-corrected chi connectivity index (χ4v) is 2.18. The summed E-state index contributed by atoms with van der Waals surface area (Å²) in [5.41, 5.74) is 6.73. The Bertz CT molecular complexity index is 442. The minimum absolute atomic E-state index is 0. The molecule has 2 N–H and O–H groups in total. The molecule has 2 aromatic rings. The van der Waals surface area contributed by atoms with Crippen LogP contribution >= 0.6 is 35.3 Å². The van der Waals surface area contributed by atoms with Crippen LogP contribution in [-0.2, 0) is 6.42 Å². The number of nitrogens with zero attached hydrogens (tertiary/aromatic N) is 1. The molecular weight excluding hydrogens is 251 g/mol. The van der Waals surface area contributed by atoms with Crippen molar-refractivity contribution in [2.24, 2.45) is 0 Å². The van der Waals surface area contributed by atoms with Crippen molar-refractivity contribution in [1.29, 1.82) is 0 Å². The van der Waals surface area contributed by atoms with E-state index in [4.69, 9.17) is 17.3 Å². The second kappa shape index (κ2) is 5.35. The lowest BCUT2D eigenvalue weighted by molar-refractivity contribution is 1.22. The summed E-state index contributed by atoms with van der Waals surface area (Å²) in [4.78, 5) is 5.16. The number of hydrogen-bond donors (Lipinski definition) is 1. The summed E-state index contributed by atoms with van der Waals surface area (Å²) in [6.45, 7) is 0. The standard InChI is InChI=1S/C10H9ClN2S.ClH/c11-8-3-1-2-7(4-8)5-9-6-13-10(12)14-9;/h1-4,6H,5H2,(H2,12,13);1H. The summed E-state index contributed by atoms with van der Waals surface area (Å²) in [5, 5.41) is 1.38. The molecule has 0 unspecified atom stereocenters. The van der Waals surface area contributed by atoms with Crippen LogP contribution in [-0.4, -0.2) is 4.98 Å². The molecule has 0 bridgehead atoms. The second-order valence-electron chi connectivity index (χ2n) is 2.97. The molecule has 2 rings (SSSR count). The van der Waals surface area contributed by atoms with Crippen LogP contribution in [0.5, 0.6) is 0 Å². The van der Waals surface area contributed by atoms with Crippen LogP contribution < -0.4 is 5.73 Å². The first-order chi connectivity index (χ1) is 6.74. The van der Waals surface area contributed by atoms with Gasteiger partial charge in [0.25, 0.3) is 0 Å². The molecule has 0 saturated heterocycles. The first-order valence-corrected chi connectivity index (χ1v) is 5.38. The number of rotatable bonds is 2. The largest absolute Gasteiger partial charge is 0.375 e. The van der Waals surface area contributed by atoms with Crippen molar-refractivity contribution < 1.29 is 0 Å². The lowest BCUT2D eigenvalue weighted by atomic mass is 10.1. The smallest absolute Gasteiger partial charge is 0.180 e. The van der Waals surface area contributed by atoms with Gasteiger partial charge in [0.1, 0.15) is 0 Å². The predicted octanol–water partition coefficient (Wildman–Crippen LogP) is 3.39. The third kappa shape index (κ3) is 3.38. The Morgan fingerprint density at radius 2 is 2.20 bits per heavy atom. The monoisotopic (exact) mass is 260 g/mol. The molecule has 15 heavy (non-hydrogen) atoms. The molecule has 1 heterocycles. The van der Waals surface area contributed by atoms with Crippen molar-refractivity contribution in [2.45, 2.75) is 6.42 Å². The van der Waals surface area contributed by atoms with Crippen molar-refractivity contribution >= 4 is 40.5 Å². The highest BCUT2D eigenvalue weighted by atomic mass is 35.5. The van der Waals surface area contributed by atoms with Gasteiger partial charge in [0.15, 0.2) is 5.13 Å². The summed E-state index contributed by atoms with van der Waals surface area (Å²) in [5.74, 6) is 0. The van der Waals surface area contributed by atoms with Crippen LogP contribution in [0.1, 0.15) is 10.4 Å². The van der Waals surface area contributed by atoms with Gasteiger partial charge in [0.2, 0.25) is 0 Å². The Morgan fingerprint density at radius 3 is 2.80 bits per heavy atom. The van der Waals surface area contributed by atoms with Gasteiger partial charge in [-0.25, -0.2) is 4.98 Å². The molecule has 0 aliphatic rings. The number of nitrogen functional groups attached to an aromatic ring is 1. The number of halogens is 2. The van der Waals surface area contributed by atoms with Crippen molar-refractivity contribution in [3.8, 4) is 0 Å². The van der Waals surface area contributed by atoms with Crippen LogP contribution in [0.25, 0.3) is 0 Å². The number of anilines is 1. The SMILES string of the molecule is Cl.Nc1ncc(Cc2cccc(Cl)c2)s1. The lowest BCUT2D eigenvalue weighted by Gasteiger charge is -1.97. The van der Waals surface area contributed by atoms with E-state index in [-0.39, 0.29) is 12.4 Å². The van der Waals surface area contributed by atoms with E-state index >= 15 is 0 Å². The molecule has 0 spiro atoms. The Balaban J connectivity index is 0.00000112.